The van der Waals surface area contributed by atoms with Crippen molar-refractivity contribution < 1.29 is 14.6 Å². The summed E-state index contributed by atoms with van der Waals surface area (Å²) in [5.41, 5.74) is 0.558. The predicted molar refractivity (Wildman–Crippen MR) is 97.0 cm³/mol. The molecule has 0 amide bonds. The van der Waals surface area contributed by atoms with E-state index in [-0.39, 0.29) is 33.9 Å². The molecule has 0 aliphatic carbocycles. The highest BCUT2D eigenvalue weighted by Crippen LogP contribution is 2.34. The lowest BCUT2D eigenvalue weighted by molar-refractivity contribution is -0.385. The van der Waals surface area contributed by atoms with Gasteiger partial charge in [-0.05, 0) is 13.0 Å². The van der Waals surface area contributed by atoms with Gasteiger partial charge >= 0.3 is 5.69 Å². The van der Waals surface area contributed by atoms with E-state index in [1.165, 1.54) is 42.5 Å². The highest BCUT2D eigenvalue weighted by Gasteiger charge is 2.18. The molecule has 0 spiro atoms. The number of halogens is 1. The maximum Gasteiger partial charge on any atom is 0.311 e. The summed E-state index contributed by atoms with van der Waals surface area (Å²) in [6.45, 7) is 1.68. The highest BCUT2D eigenvalue weighted by molar-refractivity contribution is 6.30. The SMILES string of the molecule is Cc1cc(Oc2cc(Cl)ccc2[N+](=O)[O-])nc(-c2cccc([N+](=O)[O-])c2)n1. The van der Waals surface area contributed by atoms with Gasteiger partial charge in [0.1, 0.15) is 0 Å². The average Bonchev–Trinajstić information content (AvgIpc) is 2.61. The number of nitro benzene ring substituents is 2. The third-order valence-corrected chi connectivity index (χ3v) is 3.71. The van der Waals surface area contributed by atoms with E-state index in [1.807, 2.05) is 0 Å². The van der Waals surface area contributed by atoms with Crippen LogP contribution in [0.5, 0.6) is 11.6 Å². The first-order valence-corrected chi connectivity index (χ1v) is 7.93. The van der Waals surface area contributed by atoms with Crippen LogP contribution in [0.25, 0.3) is 11.4 Å². The van der Waals surface area contributed by atoms with Crippen LogP contribution in [-0.2, 0) is 0 Å². The van der Waals surface area contributed by atoms with Gasteiger partial charge < -0.3 is 4.74 Å². The number of nitro groups is 2. The fourth-order valence-electron chi connectivity index (χ4n) is 2.31. The molecule has 3 rings (SSSR count). The van der Waals surface area contributed by atoms with Gasteiger partial charge in [0.2, 0.25) is 11.6 Å². The Bertz CT molecular complexity index is 1060. The van der Waals surface area contributed by atoms with Gasteiger partial charge in [0.15, 0.2) is 5.82 Å². The van der Waals surface area contributed by atoms with Crippen LogP contribution in [-0.4, -0.2) is 19.8 Å². The van der Waals surface area contributed by atoms with Gasteiger partial charge in [-0.25, -0.2) is 4.98 Å². The largest absolute Gasteiger partial charge is 0.432 e. The minimum Gasteiger partial charge on any atom is -0.432 e. The molecule has 0 N–H and O–H groups in total. The van der Waals surface area contributed by atoms with Crippen LogP contribution in [0.15, 0.2) is 48.5 Å². The van der Waals surface area contributed by atoms with E-state index < -0.39 is 9.85 Å². The van der Waals surface area contributed by atoms with Gasteiger partial charge in [-0.1, -0.05) is 23.7 Å². The Balaban J connectivity index is 2.02. The molecule has 0 saturated heterocycles. The number of hydrogen-bond donors (Lipinski definition) is 0. The van der Waals surface area contributed by atoms with Crippen molar-refractivity contribution in [2.45, 2.75) is 6.92 Å². The lowest BCUT2D eigenvalue weighted by Crippen LogP contribution is -1.98. The summed E-state index contributed by atoms with van der Waals surface area (Å²) in [4.78, 5) is 29.5. The van der Waals surface area contributed by atoms with Crippen molar-refractivity contribution in [3.63, 3.8) is 0 Å². The summed E-state index contributed by atoms with van der Waals surface area (Å²) in [5, 5.41) is 22.4. The Morgan fingerprint density at radius 2 is 1.78 bits per heavy atom. The minimum absolute atomic E-state index is 0.0503. The molecule has 0 fully saturated rings. The Hall–Kier alpha value is -3.59. The van der Waals surface area contributed by atoms with E-state index in [0.29, 0.717) is 11.3 Å². The normalized spacial score (nSPS) is 10.4. The summed E-state index contributed by atoms with van der Waals surface area (Å²) in [7, 11) is 0. The number of hydrogen-bond acceptors (Lipinski definition) is 7. The van der Waals surface area contributed by atoms with Crippen molar-refractivity contribution in [2.75, 3.05) is 0 Å². The average molecular weight is 387 g/mol. The molecule has 0 saturated carbocycles. The molecule has 27 heavy (non-hydrogen) atoms. The molecule has 136 valence electrons. The van der Waals surface area contributed by atoms with Gasteiger partial charge in [0.05, 0.1) is 9.85 Å². The van der Waals surface area contributed by atoms with Crippen LogP contribution < -0.4 is 4.74 Å². The second-order valence-electron chi connectivity index (χ2n) is 5.45. The number of ether oxygens (including phenoxy) is 1. The van der Waals surface area contributed by atoms with Gasteiger partial charge in [-0.15, -0.1) is 0 Å². The van der Waals surface area contributed by atoms with E-state index in [0.717, 1.165) is 0 Å². The quantitative estimate of drug-likeness (QED) is 0.459. The Labute approximate surface area is 157 Å². The van der Waals surface area contributed by atoms with E-state index in [4.69, 9.17) is 16.3 Å². The fraction of sp³-hybridized carbons (Fsp3) is 0.0588. The van der Waals surface area contributed by atoms with E-state index >= 15 is 0 Å². The van der Waals surface area contributed by atoms with Gasteiger partial charge in [0.25, 0.3) is 5.69 Å². The minimum atomic E-state index is -0.596. The van der Waals surface area contributed by atoms with Crippen molar-refractivity contribution in [3.8, 4) is 23.0 Å². The summed E-state index contributed by atoms with van der Waals surface area (Å²) >= 11 is 5.89. The summed E-state index contributed by atoms with van der Waals surface area (Å²) in [6.07, 6.45) is 0. The molecular weight excluding hydrogens is 376 g/mol. The number of non-ortho nitro benzene ring substituents is 1. The predicted octanol–water partition coefficient (Wildman–Crippen LogP) is 4.71. The zero-order chi connectivity index (χ0) is 19.6. The molecular formula is C17H11ClN4O5. The fourth-order valence-corrected chi connectivity index (χ4v) is 2.47. The first-order valence-electron chi connectivity index (χ1n) is 7.56. The molecule has 2 aromatic carbocycles. The topological polar surface area (TPSA) is 121 Å². The second-order valence-corrected chi connectivity index (χ2v) is 5.89. The number of aromatic nitrogens is 2. The molecule has 0 aliphatic heterocycles. The van der Waals surface area contributed by atoms with Crippen LogP contribution in [0, 0.1) is 27.2 Å². The molecule has 0 radical (unpaired) electrons. The zero-order valence-electron chi connectivity index (χ0n) is 13.8. The maximum absolute atomic E-state index is 11.2. The van der Waals surface area contributed by atoms with Gasteiger partial charge in [-0.2, -0.15) is 4.98 Å². The maximum atomic E-state index is 11.2. The van der Waals surface area contributed by atoms with Crippen molar-refractivity contribution >= 4 is 23.0 Å². The van der Waals surface area contributed by atoms with Crippen LogP contribution in [0.2, 0.25) is 5.02 Å². The number of rotatable bonds is 5. The summed E-state index contributed by atoms with van der Waals surface area (Å²) in [5.74, 6) is 0.170. The molecule has 1 heterocycles. The molecule has 9 nitrogen and oxygen atoms in total. The highest BCUT2D eigenvalue weighted by atomic mass is 35.5. The van der Waals surface area contributed by atoms with Crippen molar-refractivity contribution in [2.24, 2.45) is 0 Å². The number of benzene rings is 2. The Kier molecular flexibility index (Phi) is 4.95. The Morgan fingerprint density at radius 3 is 2.48 bits per heavy atom. The molecule has 0 unspecified atom stereocenters. The summed E-state index contributed by atoms with van der Waals surface area (Å²) in [6, 6.07) is 11.2. The zero-order valence-corrected chi connectivity index (χ0v) is 14.6. The lowest BCUT2D eigenvalue weighted by Gasteiger charge is -2.08. The van der Waals surface area contributed by atoms with Gasteiger partial charge in [-0.3, -0.25) is 20.2 Å². The smallest absolute Gasteiger partial charge is 0.311 e. The Morgan fingerprint density at radius 1 is 1.00 bits per heavy atom. The lowest BCUT2D eigenvalue weighted by atomic mass is 10.2. The van der Waals surface area contributed by atoms with Crippen LogP contribution >= 0.6 is 11.6 Å². The molecule has 10 heteroatoms. The van der Waals surface area contributed by atoms with Gasteiger partial charge in [0, 0.05) is 46.6 Å². The first-order chi connectivity index (χ1) is 12.8. The summed E-state index contributed by atoms with van der Waals surface area (Å²) < 4.78 is 5.56. The molecule has 3 aromatic rings. The van der Waals surface area contributed by atoms with E-state index in [1.54, 1.807) is 13.0 Å². The van der Waals surface area contributed by atoms with Crippen LogP contribution in [0.1, 0.15) is 5.69 Å². The van der Waals surface area contributed by atoms with Crippen molar-refractivity contribution in [1.29, 1.82) is 0 Å². The van der Waals surface area contributed by atoms with E-state index in [2.05, 4.69) is 9.97 Å². The molecule has 0 aliphatic rings. The van der Waals surface area contributed by atoms with Crippen LogP contribution in [0.4, 0.5) is 11.4 Å². The van der Waals surface area contributed by atoms with Crippen molar-refractivity contribution in [3.05, 3.63) is 79.5 Å². The molecule has 0 bridgehead atoms. The molecule has 0 atom stereocenters. The first kappa shape index (κ1) is 18.2. The third-order valence-electron chi connectivity index (χ3n) is 3.48. The standard InChI is InChI=1S/C17H11ClN4O5/c1-10-7-16(27-15-9-12(18)5-6-14(15)22(25)26)20-17(19-10)11-3-2-4-13(8-11)21(23)24/h2-9H,1H3. The number of nitrogens with zero attached hydrogens (tertiary/aromatic N) is 4. The van der Waals surface area contributed by atoms with E-state index in [9.17, 15) is 20.2 Å². The third kappa shape index (κ3) is 4.15. The van der Waals surface area contributed by atoms with Crippen LogP contribution in [0.3, 0.4) is 0 Å². The second kappa shape index (κ2) is 7.34. The molecule has 1 aromatic heterocycles. The van der Waals surface area contributed by atoms with Crippen molar-refractivity contribution in [1.82, 2.24) is 9.97 Å². The monoisotopic (exact) mass is 386 g/mol. The number of aryl methyl sites for hydroxylation is 1.